The van der Waals surface area contributed by atoms with E-state index in [9.17, 15) is 0 Å². The SMILES string of the molecule is c1ccc(CNCc2ccc(CN(Cc3nc4cnccc4[nH]3)C3CCCc4cccnc43)cc2)nc1. The van der Waals surface area contributed by atoms with Gasteiger partial charge in [-0.15, -0.1) is 0 Å². The van der Waals surface area contributed by atoms with Crippen molar-refractivity contribution in [3.8, 4) is 0 Å². The zero-order chi connectivity index (χ0) is 24.9. The van der Waals surface area contributed by atoms with Crippen LogP contribution in [0, 0.1) is 0 Å². The Labute approximate surface area is 217 Å². The second-order valence-corrected chi connectivity index (χ2v) is 9.68. The molecule has 0 bridgehead atoms. The monoisotopic (exact) mass is 489 g/mol. The third-order valence-electron chi connectivity index (χ3n) is 7.06. The molecular formula is C30H31N7. The number of rotatable bonds is 9. The van der Waals surface area contributed by atoms with E-state index in [0.717, 1.165) is 61.6 Å². The minimum Gasteiger partial charge on any atom is -0.341 e. The summed E-state index contributed by atoms with van der Waals surface area (Å²) < 4.78 is 0. The molecule has 1 aromatic carbocycles. The van der Waals surface area contributed by atoms with E-state index in [1.54, 1.807) is 6.20 Å². The van der Waals surface area contributed by atoms with Gasteiger partial charge in [0.1, 0.15) is 11.3 Å². The first-order valence-electron chi connectivity index (χ1n) is 13.0. The Bertz CT molecular complexity index is 1410. The summed E-state index contributed by atoms with van der Waals surface area (Å²) in [5.74, 6) is 0.960. The van der Waals surface area contributed by atoms with Gasteiger partial charge in [0.2, 0.25) is 0 Å². The third kappa shape index (κ3) is 5.58. The summed E-state index contributed by atoms with van der Waals surface area (Å²) in [5.41, 5.74) is 8.11. The molecule has 4 heterocycles. The summed E-state index contributed by atoms with van der Waals surface area (Å²) in [6.07, 6.45) is 10.7. The fraction of sp³-hybridized carbons (Fsp3) is 0.267. The molecular weight excluding hydrogens is 458 g/mol. The highest BCUT2D eigenvalue weighted by Gasteiger charge is 2.28. The van der Waals surface area contributed by atoms with Crippen LogP contribution < -0.4 is 5.32 Å². The van der Waals surface area contributed by atoms with Gasteiger partial charge in [-0.1, -0.05) is 36.4 Å². The molecule has 0 fully saturated rings. The molecule has 2 N–H and O–H groups in total. The lowest BCUT2D eigenvalue weighted by Gasteiger charge is -2.34. The highest BCUT2D eigenvalue weighted by molar-refractivity contribution is 5.73. The quantitative estimate of drug-likeness (QED) is 0.299. The molecule has 6 rings (SSSR count). The maximum atomic E-state index is 4.82. The lowest BCUT2D eigenvalue weighted by molar-refractivity contribution is 0.153. The van der Waals surface area contributed by atoms with Crippen molar-refractivity contribution in [3.05, 3.63) is 119 Å². The van der Waals surface area contributed by atoms with Crippen LogP contribution in [0.5, 0.6) is 0 Å². The first kappa shape index (κ1) is 23.5. The van der Waals surface area contributed by atoms with Crippen LogP contribution in [0.2, 0.25) is 0 Å². The molecule has 186 valence electrons. The van der Waals surface area contributed by atoms with Gasteiger partial charge < -0.3 is 10.3 Å². The van der Waals surface area contributed by atoms with E-state index >= 15 is 0 Å². The van der Waals surface area contributed by atoms with Crippen molar-refractivity contribution in [2.75, 3.05) is 0 Å². The number of pyridine rings is 3. The molecule has 37 heavy (non-hydrogen) atoms. The number of aromatic nitrogens is 5. The van der Waals surface area contributed by atoms with Gasteiger partial charge >= 0.3 is 0 Å². The molecule has 0 saturated carbocycles. The number of nitrogens with one attached hydrogen (secondary N) is 2. The van der Waals surface area contributed by atoms with Crippen molar-refractivity contribution >= 4 is 11.0 Å². The summed E-state index contributed by atoms with van der Waals surface area (Å²) in [6.45, 7) is 3.13. The number of aryl methyl sites for hydroxylation is 1. The lowest BCUT2D eigenvalue weighted by atomic mass is 9.90. The van der Waals surface area contributed by atoms with Crippen molar-refractivity contribution in [1.29, 1.82) is 0 Å². The zero-order valence-corrected chi connectivity index (χ0v) is 20.8. The Morgan fingerprint density at radius 1 is 0.865 bits per heavy atom. The van der Waals surface area contributed by atoms with Gasteiger partial charge in [0, 0.05) is 38.2 Å². The van der Waals surface area contributed by atoms with Crippen LogP contribution in [0.1, 0.15) is 52.8 Å². The van der Waals surface area contributed by atoms with E-state index in [1.807, 2.05) is 42.9 Å². The first-order valence-corrected chi connectivity index (χ1v) is 13.0. The number of hydrogen-bond donors (Lipinski definition) is 2. The molecule has 1 atom stereocenters. The lowest BCUT2D eigenvalue weighted by Crippen LogP contribution is -2.31. The van der Waals surface area contributed by atoms with Crippen LogP contribution >= 0.6 is 0 Å². The smallest absolute Gasteiger partial charge is 0.121 e. The van der Waals surface area contributed by atoms with Crippen molar-refractivity contribution in [1.82, 2.24) is 35.1 Å². The molecule has 0 amide bonds. The van der Waals surface area contributed by atoms with Gasteiger partial charge in [-0.05, 0) is 60.2 Å². The summed E-state index contributed by atoms with van der Waals surface area (Å²) in [5, 5.41) is 3.49. The molecule has 7 nitrogen and oxygen atoms in total. The van der Waals surface area contributed by atoms with Gasteiger partial charge in [0.15, 0.2) is 0 Å². The van der Waals surface area contributed by atoms with Crippen LogP contribution in [-0.2, 0) is 32.6 Å². The normalized spacial score (nSPS) is 15.2. The van der Waals surface area contributed by atoms with E-state index in [-0.39, 0.29) is 6.04 Å². The minimum atomic E-state index is 0.260. The van der Waals surface area contributed by atoms with Gasteiger partial charge in [-0.25, -0.2) is 4.98 Å². The van der Waals surface area contributed by atoms with Gasteiger partial charge in [-0.2, -0.15) is 0 Å². The predicted molar refractivity (Wildman–Crippen MR) is 144 cm³/mol. The molecule has 5 aromatic rings. The van der Waals surface area contributed by atoms with Crippen molar-refractivity contribution in [2.24, 2.45) is 0 Å². The van der Waals surface area contributed by atoms with Crippen LogP contribution in [0.3, 0.4) is 0 Å². The Morgan fingerprint density at radius 2 is 1.76 bits per heavy atom. The second kappa shape index (κ2) is 11.0. The number of fused-ring (bicyclic) bond motifs is 2. The molecule has 4 aromatic heterocycles. The number of benzene rings is 1. The number of H-pyrrole nitrogens is 1. The molecule has 7 heteroatoms. The van der Waals surface area contributed by atoms with Crippen molar-refractivity contribution in [2.45, 2.75) is 51.5 Å². The topological polar surface area (TPSA) is 82.6 Å². The number of imidazole rings is 1. The fourth-order valence-corrected chi connectivity index (χ4v) is 5.23. The highest BCUT2D eigenvalue weighted by Crippen LogP contribution is 2.34. The Balaban J connectivity index is 1.19. The number of hydrogen-bond acceptors (Lipinski definition) is 6. The molecule has 0 aliphatic heterocycles. The highest BCUT2D eigenvalue weighted by atomic mass is 15.2. The predicted octanol–water partition coefficient (Wildman–Crippen LogP) is 5.12. The standard InChI is InChI=1S/C30H31N7/c1-2-14-33-25(7-1)18-32-17-22-9-11-23(12-10-22)20-37(21-29-35-26-13-16-31-19-27(26)36-29)28-8-3-5-24-6-4-15-34-30(24)28/h1-2,4,6-7,9-16,19,28,32H,3,5,8,17-18,20-21H2,(H,35,36). The Morgan fingerprint density at radius 3 is 2.62 bits per heavy atom. The van der Waals surface area contributed by atoms with Gasteiger partial charge in [0.25, 0.3) is 0 Å². The van der Waals surface area contributed by atoms with Crippen LogP contribution in [0.4, 0.5) is 0 Å². The maximum absolute atomic E-state index is 4.82. The summed E-state index contributed by atoms with van der Waals surface area (Å²) in [4.78, 5) is 24.3. The average molecular weight is 490 g/mol. The fourth-order valence-electron chi connectivity index (χ4n) is 5.23. The second-order valence-electron chi connectivity index (χ2n) is 9.68. The van der Waals surface area contributed by atoms with E-state index in [0.29, 0.717) is 0 Å². The molecule has 0 spiro atoms. The average Bonchev–Trinajstić information content (AvgIpc) is 3.36. The van der Waals surface area contributed by atoms with Crippen LogP contribution in [0.25, 0.3) is 11.0 Å². The first-order chi connectivity index (χ1) is 18.3. The van der Waals surface area contributed by atoms with Gasteiger partial charge in [-0.3, -0.25) is 19.9 Å². The Hall–Kier alpha value is -3.94. The van der Waals surface area contributed by atoms with Crippen LogP contribution in [-0.4, -0.2) is 29.8 Å². The third-order valence-corrected chi connectivity index (χ3v) is 7.06. The number of aromatic amines is 1. The minimum absolute atomic E-state index is 0.260. The van der Waals surface area contributed by atoms with Crippen molar-refractivity contribution < 1.29 is 0 Å². The molecule has 1 aliphatic carbocycles. The number of nitrogens with zero attached hydrogens (tertiary/aromatic N) is 5. The van der Waals surface area contributed by atoms with Crippen molar-refractivity contribution in [3.63, 3.8) is 0 Å². The maximum Gasteiger partial charge on any atom is 0.121 e. The van der Waals surface area contributed by atoms with Crippen LogP contribution in [0.15, 0.2) is 85.5 Å². The molecule has 0 radical (unpaired) electrons. The largest absolute Gasteiger partial charge is 0.341 e. The molecule has 0 saturated heterocycles. The van der Waals surface area contributed by atoms with Gasteiger partial charge in [0.05, 0.1) is 35.7 Å². The Kier molecular flexibility index (Phi) is 6.97. The van der Waals surface area contributed by atoms with E-state index in [2.05, 4.69) is 61.6 Å². The molecule has 1 unspecified atom stereocenters. The zero-order valence-electron chi connectivity index (χ0n) is 20.8. The van der Waals surface area contributed by atoms with E-state index in [1.165, 1.54) is 28.8 Å². The van der Waals surface area contributed by atoms with E-state index < -0.39 is 0 Å². The summed E-state index contributed by atoms with van der Waals surface area (Å²) in [7, 11) is 0. The van der Waals surface area contributed by atoms with E-state index in [4.69, 9.17) is 9.97 Å². The summed E-state index contributed by atoms with van der Waals surface area (Å²) >= 11 is 0. The molecule has 1 aliphatic rings. The summed E-state index contributed by atoms with van der Waals surface area (Å²) in [6, 6.07) is 21.5.